The fourth-order valence-corrected chi connectivity index (χ4v) is 3.80. The summed E-state index contributed by atoms with van der Waals surface area (Å²) >= 11 is 0. The first-order valence-corrected chi connectivity index (χ1v) is 10.7. The number of rotatable bonds is 7. The summed E-state index contributed by atoms with van der Waals surface area (Å²) in [5, 5.41) is 2.57. The minimum Gasteiger partial charge on any atom is -0.332 e. The summed E-state index contributed by atoms with van der Waals surface area (Å²) in [6.45, 7) is -0.230. The minimum atomic E-state index is -3.80. The molecule has 0 saturated heterocycles. The molecule has 2 amide bonds. The number of carbonyl (C=O) groups excluding carboxylic acids is 2. The largest absolute Gasteiger partial charge is 0.332 e. The van der Waals surface area contributed by atoms with E-state index in [-0.39, 0.29) is 17.0 Å². The molecule has 3 aromatic rings. The Kier molecular flexibility index (Phi) is 6.66. The maximum atomic E-state index is 12.9. The fourth-order valence-electron chi connectivity index (χ4n) is 2.74. The second-order valence-electron chi connectivity index (χ2n) is 6.71. The first-order chi connectivity index (χ1) is 14.7. The van der Waals surface area contributed by atoms with Crippen molar-refractivity contribution in [2.45, 2.75) is 4.90 Å². The highest BCUT2D eigenvalue weighted by molar-refractivity contribution is 7.92. The number of nitrogens with zero attached hydrogens (tertiary/aromatic N) is 1. The number of nitrogens with one attached hydrogen (secondary N) is 2. The predicted octanol–water partition coefficient (Wildman–Crippen LogP) is 3.34. The summed E-state index contributed by atoms with van der Waals surface area (Å²) in [6.07, 6.45) is 0. The number of likely N-dealkylation sites (N-methyl/N-ethyl adjacent to an activating group) is 1. The molecule has 3 rings (SSSR count). The van der Waals surface area contributed by atoms with Crippen molar-refractivity contribution in [3.8, 4) is 0 Å². The van der Waals surface area contributed by atoms with E-state index in [1.54, 1.807) is 30.3 Å². The lowest BCUT2D eigenvalue weighted by Gasteiger charge is -2.17. The standard InChI is InChI=1S/C22H20FN3O4S/c1-26(15-21(27)24-18-11-9-17(23)10-12-18)22(28)16-7-13-20(14-8-16)31(29,30)25-19-5-3-2-4-6-19/h2-14,25H,15H2,1H3,(H,24,27). The van der Waals surface area contributed by atoms with Crippen LogP contribution >= 0.6 is 0 Å². The number of halogens is 1. The minimum absolute atomic E-state index is 0.00427. The SMILES string of the molecule is CN(CC(=O)Nc1ccc(F)cc1)C(=O)c1ccc(S(=O)(=O)Nc2ccccc2)cc1. The molecule has 31 heavy (non-hydrogen) atoms. The van der Waals surface area contributed by atoms with E-state index in [1.807, 2.05) is 0 Å². The van der Waals surface area contributed by atoms with Crippen molar-refractivity contribution in [1.29, 1.82) is 0 Å². The molecule has 0 unspecified atom stereocenters. The van der Waals surface area contributed by atoms with Gasteiger partial charge in [0, 0.05) is 24.0 Å². The Balaban J connectivity index is 1.62. The molecule has 160 valence electrons. The van der Waals surface area contributed by atoms with Crippen molar-refractivity contribution in [1.82, 2.24) is 4.90 Å². The average molecular weight is 441 g/mol. The second kappa shape index (κ2) is 9.40. The number of hydrogen-bond acceptors (Lipinski definition) is 4. The number of hydrogen-bond donors (Lipinski definition) is 2. The Morgan fingerprint density at radius 2 is 1.48 bits per heavy atom. The second-order valence-corrected chi connectivity index (χ2v) is 8.39. The lowest BCUT2D eigenvalue weighted by molar-refractivity contribution is -0.116. The lowest BCUT2D eigenvalue weighted by Crippen LogP contribution is -2.34. The Labute approximate surface area is 179 Å². The van der Waals surface area contributed by atoms with Crippen molar-refractivity contribution in [3.63, 3.8) is 0 Å². The van der Waals surface area contributed by atoms with Crippen LogP contribution in [0.25, 0.3) is 0 Å². The third-order valence-electron chi connectivity index (χ3n) is 4.29. The van der Waals surface area contributed by atoms with Crippen LogP contribution in [0.4, 0.5) is 15.8 Å². The number of amides is 2. The highest BCUT2D eigenvalue weighted by Crippen LogP contribution is 2.17. The number of carbonyl (C=O) groups is 2. The van der Waals surface area contributed by atoms with Gasteiger partial charge in [-0.25, -0.2) is 12.8 Å². The molecule has 0 fully saturated rings. The quantitative estimate of drug-likeness (QED) is 0.588. The number of benzene rings is 3. The van der Waals surface area contributed by atoms with Crippen LogP contribution in [-0.4, -0.2) is 38.7 Å². The van der Waals surface area contributed by atoms with E-state index >= 15 is 0 Å². The summed E-state index contributed by atoms with van der Waals surface area (Å²) in [7, 11) is -2.35. The maximum Gasteiger partial charge on any atom is 0.261 e. The number of sulfonamides is 1. The zero-order valence-corrected chi connectivity index (χ0v) is 17.4. The van der Waals surface area contributed by atoms with Crippen molar-refractivity contribution in [2.24, 2.45) is 0 Å². The van der Waals surface area contributed by atoms with Gasteiger partial charge in [-0.3, -0.25) is 14.3 Å². The first-order valence-electron chi connectivity index (χ1n) is 9.23. The van der Waals surface area contributed by atoms with Gasteiger partial charge in [-0.1, -0.05) is 18.2 Å². The van der Waals surface area contributed by atoms with Crippen LogP contribution in [-0.2, 0) is 14.8 Å². The molecular formula is C22H20FN3O4S. The van der Waals surface area contributed by atoms with Crippen molar-refractivity contribution in [3.05, 3.63) is 90.2 Å². The van der Waals surface area contributed by atoms with Gasteiger partial charge in [-0.05, 0) is 60.7 Å². The molecule has 2 N–H and O–H groups in total. The van der Waals surface area contributed by atoms with Crippen LogP contribution in [0.5, 0.6) is 0 Å². The van der Waals surface area contributed by atoms with Gasteiger partial charge in [0.1, 0.15) is 5.82 Å². The molecule has 0 aliphatic carbocycles. The summed E-state index contributed by atoms with van der Waals surface area (Å²) in [6, 6.07) is 19.1. The summed E-state index contributed by atoms with van der Waals surface area (Å²) < 4.78 is 40.3. The Morgan fingerprint density at radius 1 is 0.871 bits per heavy atom. The third kappa shape index (κ3) is 5.89. The third-order valence-corrected chi connectivity index (χ3v) is 5.69. The van der Waals surface area contributed by atoms with Gasteiger partial charge < -0.3 is 10.2 Å². The molecule has 0 spiro atoms. The van der Waals surface area contributed by atoms with Gasteiger partial charge >= 0.3 is 0 Å². The van der Waals surface area contributed by atoms with Gasteiger partial charge in [0.05, 0.1) is 11.4 Å². The zero-order chi connectivity index (χ0) is 22.4. The van der Waals surface area contributed by atoms with E-state index in [0.29, 0.717) is 11.4 Å². The summed E-state index contributed by atoms with van der Waals surface area (Å²) in [5.74, 6) is -1.32. The van der Waals surface area contributed by atoms with E-state index < -0.39 is 27.7 Å². The van der Waals surface area contributed by atoms with Crippen molar-refractivity contribution in [2.75, 3.05) is 23.6 Å². The van der Waals surface area contributed by atoms with Crippen molar-refractivity contribution >= 4 is 33.2 Å². The van der Waals surface area contributed by atoms with Gasteiger partial charge in [-0.15, -0.1) is 0 Å². The van der Waals surface area contributed by atoms with Gasteiger partial charge in [-0.2, -0.15) is 0 Å². The molecule has 0 bridgehead atoms. The van der Waals surface area contributed by atoms with E-state index in [9.17, 15) is 22.4 Å². The summed E-state index contributed by atoms with van der Waals surface area (Å²) in [4.78, 5) is 25.9. The molecule has 0 aromatic heterocycles. The van der Waals surface area contributed by atoms with Crippen molar-refractivity contribution < 1.29 is 22.4 Å². The van der Waals surface area contributed by atoms with Crippen LogP contribution in [0, 0.1) is 5.82 Å². The van der Waals surface area contributed by atoms with Gasteiger partial charge in [0.15, 0.2) is 0 Å². The molecular weight excluding hydrogens is 421 g/mol. The van der Waals surface area contributed by atoms with E-state index in [4.69, 9.17) is 0 Å². The monoisotopic (exact) mass is 441 g/mol. The molecule has 0 atom stereocenters. The number of para-hydroxylation sites is 1. The molecule has 7 nitrogen and oxygen atoms in total. The van der Waals surface area contributed by atoms with Gasteiger partial charge in [0.2, 0.25) is 5.91 Å². The zero-order valence-electron chi connectivity index (χ0n) is 16.6. The maximum absolute atomic E-state index is 12.9. The molecule has 0 saturated carbocycles. The molecule has 0 radical (unpaired) electrons. The molecule has 0 heterocycles. The molecule has 9 heteroatoms. The van der Waals surface area contributed by atoms with Crippen LogP contribution in [0.2, 0.25) is 0 Å². The van der Waals surface area contributed by atoms with E-state index in [0.717, 1.165) is 0 Å². The molecule has 3 aromatic carbocycles. The van der Waals surface area contributed by atoms with Crippen LogP contribution < -0.4 is 10.0 Å². The van der Waals surface area contributed by atoms with Crippen LogP contribution in [0.3, 0.4) is 0 Å². The Morgan fingerprint density at radius 3 is 2.10 bits per heavy atom. The topological polar surface area (TPSA) is 95.6 Å². The van der Waals surface area contributed by atoms with E-state index in [1.165, 1.54) is 60.5 Å². The smallest absolute Gasteiger partial charge is 0.261 e. The van der Waals surface area contributed by atoms with E-state index in [2.05, 4.69) is 10.0 Å². The summed E-state index contributed by atoms with van der Waals surface area (Å²) in [5.41, 5.74) is 1.07. The Hall–Kier alpha value is -3.72. The molecule has 0 aliphatic rings. The fraction of sp³-hybridized carbons (Fsp3) is 0.0909. The highest BCUT2D eigenvalue weighted by atomic mass is 32.2. The highest BCUT2D eigenvalue weighted by Gasteiger charge is 2.18. The van der Waals surface area contributed by atoms with Crippen LogP contribution in [0.1, 0.15) is 10.4 Å². The normalized spacial score (nSPS) is 10.9. The predicted molar refractivity (Wildman–Crippen MR) is 116 cm³/mol. The Bertz CT molecular complexity index is 1170. The molecule has 0 aliphatic heterocycles. The lowest BCUT2D eigenvalue weighted by atomic mass is 10.2. The van der Waals surface area contributed by atoms with Crippen LogP contribution in [0.15, 0.2) is 83.8 Å². The van der Waals surface area contributed by atoms with Gasteiger partial charge in [0.25, 0.3) is 15.9 Å². The first kappa shape index (κ1) is 22.0. The average Bonchev–Trinajstić information content (AvgIpc) is 2.75. The number of anilines is 2.